The molecule has 0 amide bonds. The van der Waals surface area contributed by atoms with E-state index in [0.717, 1.165) is 11.3 Å². The summed E-state index contributed by atoms with van der Waals surface area (Å²) >= 11 is 0. The fourth-order valence-electron chi connectivity index (χ4n) is 0.797. The topological polar surface area (TPSA) is 38.9 Å². The number of hydrogen-bond acceptors (Lipinski definition) is 2. The number of anilines is 1. The Bertz CT molecular complexity index is 168. The Morgan fingerprint density at radius 2 is 2.22 bits per heavy atom. The maximum absolute atomic E-state index is 5.43. The highest BCUT2D eigenvalue weighted by molar-refractivity contribution is 5.32. The van der Waals surface area contributed by atoms with E-state index < -0.39 is 0 Å². The highest BCUT2D eigenvalue weighted by atomic mass is 14.8. The average Bonchev–Trinajstić information content (AvgIpc) is 1.59. The fraction of sp³-hybridized carbons (Fsp3) is 0.286. The number of aryl methyl sites for hydroxylation is 2. The molecule has 0 saturated carbocycles. The van der Waals surface area contributed by atoms with Crippen molar-refractivity contribution in [3.05, 3.63) is 23.4 Å². The van der Waals surface area contributed by atoms with Gasteiger partial charge in [0.05, 0.1) is 0 Å². The molecule has 0 aliphatic heterocycles. The van der Waals surface area contributed by atoms with Gasteiger partial charge in [0, 0.05) is 11.8 Å². The third kappa shape index (κ3) is 1.42. The molecule has 1 aromatic rings. The van der Waals surface area contributed by atoms with E-state index in [-0.39, 0.29) is 0 Å². The third-order valence-electron chi connectivity index (χ3n) is 1.04. The number of rotatable bonds is 0. The lowest BCUT2D eigenvalue weighted by molar-refractivity contribution is 1.18. The summed E-state index contributed by atoms with van der Waals surface area (Å²) in [6.45, 7) is 3.83. The largest absolute Gasteiger partial charge is 0.384 e. The molecule has 0 aliphatic carbocycles. The first-order chi connectivity index (χ1) is 4.18. The van der Waals surface area contributed by atoms with Crippen LogP contribution in [0.2, 0.25) is 0 Å². The SMILES string of the molecule is Cc1[c]c(C)nc(N)c1. The highest BCUT2D eigenvalue weighted by Gasteiger charge is 1.90. The molecule has 1 aromatic heterocycles. The summed E-state index contributed by atoms with van der Waals surface area (Å²) < 4.78 is 0. The van der Waals surface area contributed by atoms with Crippen LogP contribution in [0.4, 0.5) is 5.82 Å². The van der Waals surface area contributed by atoms with Crippen molar-refractivity contribution >= 4 is 5.82 Å². The van der Waals surface area contributed by atoms with Crippen molar-refractivity contribution in [2.75, 3.05) is 5.73 Å². The first kappa shape index (κ1) is 6.08. The summed E-state index contributed by atoms with van der Waals surface area (Å²) in [7, 11) is 0. The molecule has 0 unspecified atom stereocenters. The second-order valence-electron chi connectivity index (χ2n) is 2.07. The van der Waals surface area contributed by atoms with E-state index in [1.54, 1.807) is 6.07 Å². The number of aromatic nitrogens is 1. The van der Waals surface area contributed by atoms with E-state index in [1.807, 2.05) is 13.8 Å². The molecule has 0 fully saturated rings. The molecule has 2 nitrogen and oxygen atoms in total. The molecule has 47 valence electrons. The van der Waals surface area contributed by atoms with Crippen molar-refractivity contribution in [3.8, 4) is 0 Å². The molecule has 1 heterocycles. The summed E-state index contributed by atoms with van der Waals surface area (Å²) in [6, 6.07) is 4.82. The molecule has 2 heteroatoms. The van der Waals surface area contributed by atoms with Gasteiger partial charge in [-0.25, -0.2) is 4.98 Å². The number of nitrogens with zero attached hydrogens (tertiary/aromatic N) is 1. The van der Waals surface area contributed by atoms with Gasteiger partial charge >= 0.3 is 0 Å². The zero-order valence-electron chi connectivity index (χ0n) is 5.60. The zero-order valence-corrected chi connectivity index (χ0v) is 5.60. The minimum absolute atomic E-state index is 0.573. The van der Waals surface area contributed by atoms with Crippen LogP contribution >= 0.6 is 0 Å². The zero-order chi connectivity index (χ0) is 6.85. The molecule has 2 N–H and O–H groups in total. The highest BCUT2D eigenvalue weighted by Crippen LogP contribution is 2.02. The quantitative estimate of drug-likeness (QED) is 0.557. The van der Waals surface area contributed by atoms with Gasteiger partial charge in [-0.1, -0.05) is 0 Å². The second-order valence-corrected chi connectivity index (χ2v) is 2.07. The van der Waals surface area contributed by atoms with Crippen LogP contribution in [0.15, 0.2) is 6.07 Å². The van der Waals surface area contributed by atoms with Gasteiger partial charge in [0.1, 0.15) is 5.82 Å². The first-order valence-electron chi connectivity index (χ1n) is 2.81. The van der Waals surface area contributed by atoms with Crippen LogP contribution in [0.3, 0.4) is 0 Å². The first-order valence-corrected chi connectivity index (χ1v) is 2.81. The van der Waals surface area contributed by atoms with Crippen LogP contribution in [0, 0.1) is 19.9 Å². The van der Waals surface area contributed by atoms with Crippen LogP contribution in [0.1, 0.15) is 11.3 Å². The summed E-state index contributed by atoms with van der Waals surface area (Å²) in [4.78, 5) is 3.96. The lowest BCUT2D eigenvalue weighted by Gasteiger charge is -1.95. The predicted octanol–water partition coefficient (Wildman–Crippen LogP) is 1.08. The monoisotopic (exact) mass is 121 g/mol. The van der Waals surface area contributed by atoms with Crippen LogP contribution in [-0.2, 0) is 0 Å². The molecule has 0 aliphatic rings. The molecule has 9 heavy (non-hydrogen) atoms. The molecular weight excluding hydrogens is 112 g/mol. The van der Waals surface area contributed by atoms with E-state index in [1.165, 1.54) is 0 Å². The maximum atomic E-state index is 5.43. The fourth-order valence-corrected chi connectivity index (χ4v) is 0.797. The molecule has 0 atom stereocenters. The van der Waals surface area contributed by atoms with Gasteiger partial charge in [-0.3, -0.25) is 0 Å². The van der Waals surface area contributed by atoms with Gasteiger partial charge in [-0.2, -0.15) is 0 Å². The Morgan fingerprint density at radius 3 is 2.67 bits per heavy atom. The summed E-state index contributed by atoms with van der Waals surface area (Å²) in [5.41, 5.74) is 7.32. The second kappa shape index (κ2) is 2.05. The van der Waals surface area contributed by atoms with Crippen molar-refractivity contribution in [2.45, 2.75) is 13.8 Å². The molecule has 0 bridgehead atoms. The summed E-state index contributed by atoms with van der Waals surface area (Å²) in [5.74, 6) is 0.573. The van der Waals surface area contributed by atoms with E-state index in [4.69, 9.17) is 5.73 Å². The van der Waals surface area contributed by atoms with Gasteiger partial charge < -0.3 is 5.73 Å². The molecule has 0 spiro atoms. The smallest absolute Gasteiger partial charge is 0.123 e. The van der Waals surface area contributed by atoms with Crippen molar-refractivity contribution in [1.29, 1.82) is 0 Å². The standard InChI is InChI=1S/C7H9N2/c1-5-3-6(2)9-7(8)4-5/h4H,1-2H3,(H2,8,9). The number of nitrogen functional groups attached to an aromatic ring is 1. The molecule has 0 aromatic carbocycles. The van der Waals surface area contributed by atoms with Gasteiger partial charge in [0.25, 0.3) is 0 Å². The van der Waals surface area contributed by atoms with Gasteiger partial charge in [-0.15, -0.1) is 0 Å². The molecular formula is C7H9N2. The third-order valence-corrected chi connectivity index (χ3v) is 1.04. The van der Waals surface area contributed by atoms with Crippen molar-refractivity contribution in [2.24, 2.45) is 0 Å². The molecule has 1 rings (SSSR count). The Morgan fingerprint density at radius 1 is 1.56 bits per heavy atom. The van der Waals surface area contributed by atoms with Crippen molar-refractivity contribution < 1.29 is 0 Å². The summed E-state index contributed by atoms with van der Waals surface area (Å²) in [5, 5.41) is 0. The van der Waals surface area contributed by atoms with E-state index >= 15 is 0 Å². The Labute approximate surface area is 54.7 Å². The van der Waals surface area contributed by atoms with Crippen LogP contribution in [-0.4, -0.2) is 4.98 Å². The lowest BCUT2D eigenvalue weighted by atomic mass is 10.2. The van der Waals surface area contributed by atoms with E-state index in [0.29, 0.717) is 5.82 Å². The number of nitrogens with two attached hydrogens (primary N) is 1. The van der Waals surface area contributed by atoms with Gasteiger partial charge in [0.15, 0.2) is 0 Å². The number of hydrogen-bond donors (Lipinski definition) is 1. The lowest BCUT2D eigenvalue weighted by Crippen LogP contribution is -1.92. The summed E-state index contributed by atoms with van der Waals surface area (Å²) in [6.07, 6.45) is 0. The van der Waals surface area contributed by atoms with Crippen molar-refractivity contribution in [3.63, 3.8) is 0 Å². The number of pyridine rings is 1. The molecule has 0 saturated heterocycles. The Balaban J connectivity index is 3.17. The van der Waals surface area contributed by atoms with Gasteiger partial charge in [0.2, 0.25) is 0 Å². The minimum Gasteiger partial charge on any atom is -0.384 e. The van der Waals surface area contributed by atoms with E-state index in [2.05, 4.69) is 11.1 Å². The van der Waals surface area contributed by atoms with Crippen LogP contribution in [0.5, 0.6) is 0 Å². The van der Waals surface area contributed by atoms with Crippen LogP contribution < -0.4 is 5.73 Å². The van der Waals surface area contributed by atoms with Crippen molar-refractivity contribution in [1.82, 2.24) is 4.98 Å². The Hall–Kier alpha value is -1.05. The maximum Gasteiger partial charge on any atom is 0.123 e. The van der Waals surface area contributed by atoms with E-state index in [9.17, 15) is 0 Å². The minimum atomic E-state index is 0.573. The van der Waals surface area contributed by atoms with Gasteiger partial charge in [-0.05, 0) is 25.5 Å². The predicted molar refractivity (Wildman–Crippen MR) is 37.0 cm³/mol. The Kier molecular flexibility index (Phi) is 1.39. The van der Waals surface area contributed by atoms with Crippen LogP contribution in [0.25, 0.3) is 0 Å². The molecule has 1 radical (unpaired) electrons. The normalized spacial score (nSPS) is 9.56. The average molecular weight is 121 g/mol.